The summed E-state index contributed by atoms with van der Waals surface area (Å²) in [6, 6.07) is 13.1. The summed E-state index contributed by atoms with van der Waals surface area (Å²) in [6.07, 6.45) is 1.63. The number of hydrogen-bond acceptors (Lipinski definition) is 5. The Kier molecular flexibility index (Phi) is 3.25. The van der Waals surface area contributed by atoms with Gasteiger partial charge in [0.05, 0.1) is 27.1 Å². The van der Waals surface area contributed by atoms with Crippen LogP contribution >= 0.6 is 22.9 Å². The van der Waals surface area contributed by atoms with Crippen molar-refractivity contribution in [2.24, 2.45) is 0 Å². The van der Waals surface area contributed by atoms with Crippen molar-refractivity contribution in [2.45, 2.75) is 11.8 Å². The van der Waals surface area contributed by atoms with Crippen molar-refractivity contribution in [2.75, 3.05) is 10.6 Å². The van der Waals surface area contributed by atoms with E-state index in [0.29, 0.717) is 32.8 Å². The highest BCUT2D eigenvalue weighted by atomic mass is 35.5. The third kappa shape index (κ3) is 2.12. The zero-order chi connectivity index (χ0) is 19.8. The Balaban J connectivity index is 1.60. The second-order valence-corrected chi connectivity index (χ2v) is 8.45. The predicted octanol–water partition coefficient (Wildman–Crippen LogP) is 3.72. The van der Waals surface area contributed by atoms with E-state index in [1.807, 2.05) is 30.3 Å². The van der Waals surface area contributed by atoms with Crippen molar-refractivity contribution < 1.29 is 9.59 Å². The quantitative estimate of drug-likeness (QED) is 0.490. The summed E-state index contributed by atoms with van der Waals surface area (Å²) in [4.78, 5) is 30.5. The van der Waals surface area contributed by atoms with Crippen LogP contribution in [0.3, 0.4) is 0 Å². The number of aromatic nitrogens is 3. The van der Waals surface area contributed by atoms with Gasteiger partial charge in [0.15, 0.2) is 0 Å². The van der Waals surface area contributed by atoms with E-state index in [0.717, 1.165) is 10.2 Å². The average Bonchev–Trinajstić information content (AvgIpc) is 3.38. The van der Waals surface area contributed by atoms with E-state index in [1.54, 1.807) is 23.0 Å². The van der Waals surface area contributed by atoms with Crippen molar-refractivity contribution in [1.29, 1.82) is 0 Å². The molecule has 0 bridgehead atoms. The summed E-state index contributed by atoms with van der Waals surface area (Å²) in [5.41, 5.74) is 1.56. The average molecular weight is 422 g/mol. The van der Waals surface area contributed by atoms with Crippen LogP contribution in [0, 0.1) is 0 Å². The molecule has 0 saturated heterocycles. The highest BCUT2D eigenvalue weighted by molar-refractivity contribution is 7.20. The predicted molar refractivity (Wildman–Crippen MR) is 111 cm³/mol. The molecule has 4 aromatic rings. The topological polar surface area (TPSA) is 88.9 Å². The maximum Gasteiger partial charge on any atom is 0.240 e. The van der Waals surface area contributed by atoms with Gasteiger partial charge in [-0.15, -0.1) is 0 Å². The summed E-state index contributed by atoms with van der Waals surface area (Å²) in [7, 11) is 0. The van der Waals surface area contributed by atoms with Gasteiger partial charge in [-0.2, -0.15) is 9.78 Å². The molecule has 2 N–H and O–H groups in total. The molecule has 2 aromatic heterocycles. The number of carbonyl (C=O) groups is 2. The van der Waals surface area contributed by atoms with Crippen LogP contribution in [0.2, 0.25) is 5.02 Å². The van der Waals surface area contributed by atoms with Crippen LogP contribution in [-0.2, 0) is 15.0 Å². The van der Waals surface area contributed by atoms with Crippen LogP contribution in [0.1, 0.15) is 17.5 Å². The molecule has 1 spiro atoms. The monoisotopic (exact) mass is 421 g/mol. The van der Waals surface area contributed by atoms with Crippen LogP contribution in [0.15, 0.2) is 48.7 Å². The lowest BCUT2D eigenvalue weighted by Gasteiger charge is -2.31. The number of anilines is 2. The molecule has 0 fully saturated rings. The first-order valence-electron chi connectivity index (χ1n) is 8.93. The highest BCUT2D eigenvalue weighted by Crippen LogP contribution is 2.51. The number of benzene rings is 2. The Bertz CT molecular complexity index is 1330. The third-order valence-corrected chi connectivity index (χ3v) is 6.80. The maximum atomic E-state index is 13.2. The number of thiazole rings is 1. The Morgan fingerprint density at radius 3 is 2.79 bits per heavy atom. The zero-order valence-electron chi connectivity index (χ0n) is 14.8. The van der Waals surface area contributed by atoms with Gasteiger partial charge in [-0.05, 0) is 23.8 Å². The zero-order valence-corrected chi connectivity index (χ0v) is 16.3. The summed E-state index contributed by atoms with van der Waals surface area (Å²) >= 11 is 7.77. The number of fused-ring (bicyclic) bond motifs is 5. The number of amides is 2. The molecule has 1 unspecified atom stereocenters. The van der Waals surface area contributed by atoms with Gasteiger partial charge >= 0.3 is 0 Å². The van der Waals surface area contributed by atoms with E-state index < -0.39 is 5.41 Å². The lowest BCUT2D eigenvalue weighted by atomic mass is 9.72. The van der Waals surface area contributed by atoms with Gasteiger partial charge < -0.3 is 10.6 Å². The largest absolute Gasteiger partial charge is 0.323 e. The van der Waals surface area contributed by atoms with E-state index in [2.05, 4.69) is 20.7 Å². The van der Waals surface area contributed by atoms with Gasteiger partial charge in [0.25, 0.3) is 0 Å². The minimum Gasteiger partial charge on any atom is -0.323 e. The van der Waals surface area contributed by atoms with Crippen LogP contribution in [0.4, 0.5) is 11.5 Å². The first-order chi connectivity index (χ1) is 14.1. The van der Waals surface area contributed by atoms with Crippen molar-refractivity contribution in [3.8, 4) is 5.13 Å². The fraction of sp³-hybridized carbons (Fsp3) is 0.100. The highest BCUT2D eigenvalue weighted by Gasteiger charge is 2.54. The molecule has 142 valence electrons. The van der Waals surface area contributed by atoms with Gasteiger partial charge in [0.2, 0.25) is 16.9 Å². The standard InChI is InChI=1S/C20H12ClN5O2S/c21-12-5-3-4-10-16(12)25-18(28)20(10)8-15(27)24-17-11(20)9-22-26(17)19-23-13-6-1-2-7-14(13)29-19/h1-7,9H,8H2,(H,24,27)(H,25,28). The molecule has 2 aliphatic rings. The summed E-state index contributed by atoms with van der Waals surface area (Å²) in [5, 5.41) is 11.3. The van der Waals surface area contributed by atoms with Crippen molar-refractivity contribution >= 4 is 56.5 Å². The Labute approximate surface area is 173 Å². The van der Waals surface area contributed by atoms with E-state index in [4.69, 9.17) is 11.6 Å². The van der Waals surface area contributed by atoms with Gasteiger partial charge in [-0.3, -0.25) is 9.59 Å². The van der Waals surface area contributed by atoms with Crippen LogP contribution in [0.25, 0.3) is 15.3 Å². The molecular formula is C20H12ClN5O2S. The molecule has 2 aliphatic heterocycles. The minimum atomic E-state index is -1.16. The van der Waals surface area contributed by atoms with Gasteiger partial charge in [-0.25, -0.2) is 4.98 Å². The molecule has 1 atom stereocenters. The SMILES string of the molecule is O=C1CC2(C(=O)Nc3c(Cl)cccc32)c2cnn(-c3nc4ccccc4s3)c2N1. The Hall–Kier alpha value is -3.23. The normalized spacial score (nSPS) is 19.9. The number of rotatable bonds is 1. The Morgan fingerprint density at radius 1 is 1.07 bits per heavy atom. The molecule has 7 nitrogen and oxygen atoms in total. The number of nitrogens with zero attached hydrogens (tertiary/aromatic N) is 3. The number of hydrogen-bond donors (Lipinski definition) is 2. The molecule has 29 heavy (non-hydrogen) atoms. The second kappa shape index (κ2) is 5.65. The molecule has 2 amide bonds. The van der Waals surface area contributed by atoms with Crippen LogP contribution in [-0.4, -0.2) is 26.6 Å². The molecule has 6 rings (SSSR count). The van der Waals surface area contributed by atoms with Gasteiger partial charge in [0, 0.05) is 12.0 Å². The third-order valence-electron chi connectivity index (χ3n) is 5.48. The van der Waals surface area contributed by atoms with E-state index in [-0.39, 0.29) is 18.2 Å². The summed E-state index contributed by atoms with van der Waals surface area (Å²) < 4.78 is 2.61. The summed E-state index contributed by atoms with van der Waals surface area (Å²) in [6.45, 7) is 0. The number of carbonyl (C=O) groups excluding carboxylic acids is 2. The number of para-hydroxylation sites is 2. The summed E-state index contributed by atoms with van der Waals surface area (Å²) in [5.74, 6) is -0.0767. The molecule has 4 heterocycles. The van der Waals surface area contributed by atoms with E-state index >= 15 is 0 Å². The van der Waals surface area contributed by atoms with Gasteiger partial charge in [0.1, 0.15) is 11.2 Å². The molecule has 9 heteroatoms. The lowest BCUT2D eigenvalue weighted by molar-refractivity contribution is -0.125. The second-order valence-electron chi connectivity index (χ2n) is 7.03. The molecular weight excluding hydrogens is 410 g/mol. The van der Waals surface area contributed by atoms with Crippen LogP contribution < -0.4 is 10.6 Å². The van der Waals surface area contributed by atoms with Crippen molar-refractivity contribution in [1.82, 2.24) is 14.8 Å². The smallest absolute Gasteiger partial charge is 0.240 e. The number of halogens is 1. The minimum absolute atomic E-state index is 0.00921. The Morgan fingerprint density at radius 2 is 1.93 bits per heavy atom. The maximum absolute atomic E-state index is 13.2. The molecule has 0 aliphatic carbocycles. The number of nitrogens with one attached hydrogen (secondary N) is 2. The first-order valence-corrected chi connectivity index (χ1v) is 10.1. The lowest BCUT2D eigenvalue weighted by Crippen LogP contribution is -2.43. The van der Waals surface area contributed by atoms with Crippen LogP contribution in [0.5, 0.6) is 0 Å². The molecule has 0 saturated carbocycles. The van der Waals surface area contributed by atoms with E-state index in [1.165, 1.54) is 11.3 Å². The molecule has 2 aromatic carbocycles. The fourth-order valence-electron chi connectivity index (χ4n) is 4.18. The first kappa shape index (κ1) is 16.7. The van der Waals surface area contributed by atoms with E-state index in [9.17, 15) is 9.59 Å². The van der Waals surface area contributed by atoms with Gasteiger partial charge in [-0.1, -0.05) is 47.2 Å². The fourth-order valence-corrected chi connectivity index (χ4v) is 5.33. The van der Waals surface area contributed by atoms with Crippen molar-refractivity contribution in [3.05, 3.63) is 64.8 Å². The van der Waals surface area contributed by atoms with Crippen molar-refractivity contribution in [3.63, 3.8) is 0 Å². The molecule has 0 radical (unpaired) electrons.